The molecule has 7 heteroatoms. The molecule has 0 bridgehead atoms. The smallest absolute Gasteiger partial charge is 0.194 e. The largest absolute Gasteiger partial charge is 0.353 e. The molecule has 2 aromatic heterocycles. The van der Waals surface area contributed by atoms with Gasteiger partial charge >= 0.3 is 0 Å². The van der Waals surface area contributed by atoms with Crippen molar-refractivity contribution in [3.63, 3.8) is 0 Å². The minimum absolute atomic E-state index is 0.771. The average Bonchev–Trinajstić information content (AvgIpc) is 3.04. The minimum Gasteiger partial charge on any atom is -0.353 e. The molecule has 2 aromatic rings. The van der Waals surface area contributed by atoms with Gasteiger partial charge in [-0.15, -0.1) is 0 Å². The number of pyridine rings is 1. The number of nitrogens with zero attached hydrogens (tertiary/aromatic N) is 6. The van der Waals surface area contributed by atoms with E-state index in [1.54, 1.807) is 0 Å². The van der Waals surface area contributed by atoms with Gasteiger partial charge in [0.1, 0.15) is 5.82 Å². The molecule has 0 spiro atoms. The highest BCUT2D eigenvalue weighted by Crippen LogP contribution is 2.16. The zero-order valence-corrected chi connectivity index (χ0v) is 16.9. The molecule has 7 nitrogen and oxygen atoms in total. The van der Waals surface area contributed by atoms with Gasteiger partial charge in [0.2, 0.25) is 0 Å². The van der Waals surface area contributed by atoms with Crippen molar-refractivity contribution in [2.24, 2.45) is 12.0 Å². The Morgan fingerprint density at radius 3 is 2.52 bits per heavy atom. The molecule has 1 aliphatic rings. The third-order valence-corrected chi connectivity index (χ3v) is 5.22. The first-order chi connectivity index (χ1) is 13.2. The first-order valence-electron chi connectivity index (χ1n) is 9.83. The van der Waals surface area contributed by atoms with Gasteiger partial charge in [0.05, 0.1) is 5.69 Å². The normalized spacial score (nSPS) is 15.3. The Balaban J connectivity index is 1.61. The Hall–Kier alpha value is -2.57. The predicted molar refractivity (Wildman–Crippen MR) is 110 cm³/mol. The number of aliphatic imine (C=N–C) groups is 1. The lowest BCUT2D eigenvalue weighted by Gasteiger charge is -2.37. The van der Waals surface area contributed by atoms with Crippen LogP contribution < -0.4 is 10.2 Å². The van der Waals surface area contributed by atoms with Gasteiger partial charge in [-0.1, -0.05) is 19.9 Å². The Morgan fingerprint density at radius 2 is 1.93 bits per heavy atom. The Labute approximate surface area is 162 Å². The van der Waals surface area contributed by atoms with Crippen molar-refractivity contribution in [2.45, 2.75) is 33.2 Å². The topological polar surface area (TPSA) is 61.6 Å². The molecule has 3 rings (SSSR count). The van der Waals surface area contributed by atoms with E-state index in [2.05, 4.69) is 50.1 Å². The van der Waals surface area contributed by atoms with Crippen molar-refractivity contribution in [1.82, 2.24) is 25.0 Å². The maximum atomic E-state index is 4.67. The van der Waals surface area contributed by atoms with E-state index in [0.29, 0.717) is 0 Å². The molecule has 146 valence electrons. The molecule has 0 unspecified atom stereocenters. The number of anilines is 1. The van der Waals surface area contributed by atoms with Gasteiger partial charge < -0.3 is 15.1 Å². The second-order valence-corrected chi connectivity index (χ2v) is 6.77. The summed E-state index contributed by atoms with van der Waals surface area (Å²) in [6.45, 7) is 8.89. The van der Waals surface area contributed by atoms with Crippen molar-refractivity contribution >= 4 is 11.8 Å². The van der Waals surface area contributed by atoms with E-state index in [9.17, 15) is 0 Å². The van der Waals surface area contributed by atoms with Gasteiger partial charge in [-0.2, -0.15) is 5.10 Å². The standard InChI is InChI=1S/C20H31N7/c1-5-17-16(18(6-2)25(4)24-17)15-23-20(21-3)27-13-11-26(12-14-27)19-9-7-8-10-22-19/h7-10H,5-6,11-15H2,1-4H3,(H,21,23). The molecule has 0 aliphatic carbocycles. The van der Waals surface area contributed by atoms with Crippen molar-refractivity contribution in [3.8, 4) is 0 Å². The van der Waals surface area contributed by atoms with E-state index in [0.717, 1.165) is 57.3 Å². The molecule has 0 aromatic carbocycles. The maximum Gasteiger partial charge on any atom is 0.194 e. The molecule has 0 atom stereocenters. The number of piperazine rings is 1. The van der Waals surface area contributed by atoms with E-state index in [-0.39, 0.29) is 0 Å². The summed E-state index contributed by atoms with van der Waals surface area (Å²) >= 11 is 0. The number of nitrogens with one attached hydrogen (secondary N) is 1. The number of aromatic nitrogens is 3. The Bertz CT molecular complexity index is 758. The predicted octanol–water partition coefficient (Wildman–Crippen LogP) is 1.84. The molecule has 0 radical (unpaired) electrons. The van der Waals surface area contributed by atoms with Crippen LogP contribution in [0.3, 0.4) is 0 Å². The fourth-order valence-corrected chi connectivity index (χ4v) is 3.78. The van der Waals surface area contributed by atoms with E-state index in [1.165, 1.54) is 17.0 Å². The first-order valence-corrected chi connectivity index (χ1v) is 9.83. The van der Waals surface area contributed by atoms with E-state index in [4.69, 9.17) is 0 Å². The van der Waals surface area contributed by atoms with Gasteiger partial charge in [0, 0.05) is 64.3 Å². The molecule has 0 amide bonds. The first kappa shape index (κ1) is 19.2. The van der Waals surface area contributed by atoms with Crippen molar-refractivity contribution < 1.29 is 0 Å². The zero-order valence-electron chi connectivity index (χ0n) is 16.9. The van der Waals surface area contributed by atoms with Crippen molar-refractivity contribution in [3.05, 3.63) is 41.3 Å². The number of aryl methyl sites for hydroxylation is 2. The fraction of sp³-hybridized carbons (Fsp3) is 0.550. The Morgan fingerprint density at radius 1 is 1.15 bits per heavy atom. The average molecular weight is 370 g/mol. The van der Waals surface area contributed by atoms with Gasteiger partial charge in [0.25, 0.3) is 0 Å². The van der Waals surface area contributed by atoms with E-state index in [1.807, 2.05) is 37.1 Å². The monoisotopic (exact) mass is 369 g/mol. The van der Waals surface area contributed by atoms with Crippen LogP contribution in [0, 0.1) is 0 Å². The quantitative estimate of drug-likeness (QED) is 0.644. The van der Waals surface area contributed by atoms with Crippen LogP contribution in [0.4, 0.5) is 5.82 Å². The molecule has 3 heterocycles. The van der Waals surface area contributed by atoms with Crippen LogP contribution in [0.1, 0.15) is 30.8 Å². The lowest BCUT2D eigenvalue weighted by molar-refractivity contribution is 0.371. The summed E-state index contributed by atoms with van der Waals surface area (Å²) in [7, 11) is 3.89. The number of guanidine groups is 1. The van der Waals surface area contributed by atoms with Gasteiger partial charge in [-0.05, 0) is 25.0 Å². The SMILES string of the molecule is CCc1nn(C)c(CC)c1CNC(=NC)N1CCN(c2ccccn2)CC1. The summed E-state index contributed by atoms with van der Waals surface area (Å²) in [4.78, 5) is 13.6. The lowest BCUT2D eigenvalue weighted by atomic mass is 10.1. The molecule has 0 saturated carbocycles. The molecular weight excluding hydrogens is 338 g/mol. The van der Waals surface area contributed by atoms with Gasteiger partial charge in [-0.25, -0.2) is 4.98 Å². The van der Waals surface area contributed by atoms with Crippen molar-refractivity contribution in [2.75, 3.05) is 38.1 Å². The molecule has 1 aliphatic heterocycles. The molecule has 1 fully saturated rings. The second-order valence-electron chi connectivity index (χ2n) is 6.77. The number of hydrogen-bond acceptors (Lipinski definition) is 4. The second kappa shape index (κ2) is 8.88. The van der Waals surface area contributed by atoms with Gasteiger partial charge in [0.15, 0.2) is 5.96 Å². The highest BCUT2D eigenvalue weighted by Gasteiger charge is 2.21. The highest BCUT2D eigenvalue weighted by molar-refractivity contribution is 5.80. The Kier molecular flexibility index (Phi) is 6.32. The minimum atomic E-state index is 0.771. The third-order valence-electron chi connectivity index (χ3n) is 5.22. The number of rotatable bonds is 5. The van der Waals surface area contributed by atoms with Crippen LogP contribution in [0.25, 0.3) is 0 Å². The van der Waals surface area contributed by atoms with Crippen molar-refractivity contribution in [1.29, 1.82) is 0 Å². The lowest BCUT2D eigenvalue weighted by Crippen LogP contribution is -2.52. The fourth-order valence-electron chi connectivity index (χ4n) is 3.78. The van der Waals surface area contributed by atoms with E-state index >= 15 is 0 Å². The van der Waals surface area contributed by atoms with Crippen LogP contribution in [-0.2, 0) is 26.4 Å². The molecule has 1 saturated heterocycles. The summed E-state index contributed by atoms with van der Waals surface area (Å²) in [5, 5.41) is 8.23. The van der Waals surface area contributed by atoms with Crippen LogP contribution >= 0.6 is 0 Å². The third kappa shape index (κ3) is 4.23. The van der Waals surface area contributed by atoms with Crippen LogP contribution in [0.2, 0.25) is 0 Å². The van der Waals surface area contributed by atoms with Crippen LogP contribution in [0.5, 0.6) is 0 Å². The summed E-state index contributed by atoms with van der Waals surface area (Å²) in [6.07, 6.45) is 3.79. The summed E-state index contributed by atoms with van der Waals surface area (Å²) in [6, 6.07) is 6.07. The van der Waals surface area contributed by atoms with E-state index < -0.39 is 0 Å². The summed E-state index contributed by atoms with van der Waals surface area (Å²) < 4.78 is 2.02. The summed E-state index contributed by atoms with van der Waals surface area (Å²) in [5.74, 6) is 2.01. The zero-order chi connectivity index (χ0) is 19.2. The molecular formula is C20H31N7. The maximum absolute atomic E-state index is 4.67. The highest BCUT2D eigenvalue weighted by atomic mass is 15.4. The van der Waals surface area contributed by atoms with Crippen LogP contribution in [0.15, 0.2) is 29.4 Å². The van der Waals surface area contributed by atoms with Gasteiger partial charge in [-0.3, -0.25) is 9.67 Å². The molecule has 1 N–H and O–H groups in total. The number of hydrogen-bond donors (Lipinski definition) is 1. The molecule has 27 heavy (non-hydrogen) atoms. The summed E-state index contributed by atoms with van der Waals surface area (Å²) in [5.41, 5.74) is 3.79. The van der Waals surface area contributed by atoms with Crippen LogP contribution in [-0.4, -0.2) is 58.9 Å².